The highest BCUT2D eigenvalue weighted by molar-refractivity contribution is 9.11. The lowest BCUT2D eigenvalue weighted by atomic mass is 10.0. The van der Waals surface area contributed by atoms with Gasteiger partial charge in [0, 0.05) is 20.7 Å². The summed E-state index contributed by atoms with van der Waals surface area (Å²) < 4.78 is 3.28. The molecule has 0 bridgehead atoms. The monoisotopic (exact) mass is 497 g/mol. The molecule has 0 fully saturated rings. The Labute approximate surface area is 177 Å². The Kier molecular flexibility index (Phi) is 4.91. The second-order valence-corrected chi connectivity index (χ2v) is 7.92. The van der Waals surface area contributed by atoms with Crippen LogP contribution in [0.4, 0.5) is 0 Å². The van der Waals surface area contributed by atoms with Crippen LogP contribution in [0.25, 0.3) is 16.6 Å². The fraction of sp³-hybridized carbons (Fsp3) is 0. The Hall–Kier alpha value is -2.70. The smallest absolute Gasteiger partial charge is 0.335 e. The van der Waals surface area contributed by atoms with Gasteiger partial charge in [-0.1, -0.05) is 24.3 Å². The zero-order valence-corrected chi connectivity index (χ0v) is 17.6. The molecule has 138 valence electrons. The van der Waals surface area contributed by atoms with Gasteiger partial charge in [-0.2, -0.15) is 0 Å². The number of rotatable bonds is 4. The summed E-state index contributed by atoms with van der Waals surface area (Å²) in [5, 5.41) is 9.12. The number of nitrogens with zero attached hydrogens (tertiary/aromatic N) is 1. The largest absolute Gasteiger partial charge is 0.478 e. The standard InChI is InChI=1S/C22H13Br2NO3/c23-16-4-3-5-17(24)20(16)21(26)19-12-15(18-6-1-2-11-25(18)19)13-7-9-14(10-8-13)22(27)28/h1-12H,(H,27,28). The Bertz CT molecular complexity index is 1210. The van der Waals surface area contributed by atoms with Crippen molar-refractivity contribution in [3.8, 4) is 11.1 Å². The summed E-state index contributed by atoms with van der Waals surface area (Å²) in [6.07, 6.45) is 1.85. The number of ketones is 1. The van der Waals surface area contributed by atoms with Crippen LogP contribution >= 0.6 is 31.9 Å². The summed E-state index contributed by atoms with van der Waals surface area (Å²) in [4.78, 5) is 24.4. The number of pyridine rings is 1. The number of halogens is 2. The van der Waals surface area contributed by atoms with Gasteiger partial charge >= 0.3 is 5.97 Å². The maximum atomic E-state index is 13.3. The topological polar surface area (TPSA) is 58.8 Å². The van der Waals surface area contributed by atoms with Gasteiger partial charge in [0.25, 0.3) is 0 Å². The van der Waals surface area contributed by atoms with Crippen LogP contribution in [-0.2, 0) is 0 Å². The number of benzene rings is 2. The molecule has 2 aromatic carbocycles. The number of aromatic carboxylic acids is 1. The average molecular weight is 499 g/mol. The maximum Gasteiger partial charge on any atom is 0.335 e. The number of fused-ring (bicyclic) bond motifs is 1. The number of hydrogen-bond donors (Lipinski definition) is 1. The molecule has 0 saturated carbocycles. The van der Waals surface area contributed by atoms with Gasteiger partial charge in [-0.25, -0.2) is 4.79 Å². The van der Waals surface area contributed by atoms with E-state index in [4.69, 9.17) is 5.11 Å². The second kappa shape index (κ2) is 7.37. The first-order chi connectivity index (χ1) is 13.5. The van der Waals surface area contributed by atoms with Gasteiger partial charge in [0.2, 0.25) is 5.78 Å². The molecule has 2 heterocycles. The molecule has 0 aliphatic rings. The van der Waals surface area contributed by atoms with Crippen LogP contribution in [0.15, 0.2) is 81.9 Å². The number of hydrogen-bond acceptors (Lipinski definition) is 2. The van der Waals surface area contributed by atoms with E-state index in [-0.39, 0.29) is 11.3 Å². The third kappa shape index (κ3) is 3.19. The van der Waals surface area contributed by atoms with Crippen LogP contribution in [-0.4, -0.2) is 21.3 Å². The van der Waals surface area contributed by atoms with E-state index < -0.39 is 5.97 Å². The van der Waals surface area contributed by atoms with E-state index in [0.29, 0.717) is 20.2 Å². The summed E-state index contributed by atoms with van der Waals surface area (Å²) in [7, 11) is 0. The van der Waals surface area contributed by atoms with Gasteiger partial charge in [-0.3, -0.25) is 4.79 Å². The average Bonchev–Trinajstić information content (AvgIpc) is 3.07. The van der Waals surface area contributed by atoms with Crippen LogP contribution in [0.3, 0.4) is 0 Å². The van der Waals surface area contributed by atoms with E-state index in [0.717, 1.165) is 16.6 Å². The van der Waals surface area contributed by atoms with Gasteiger partial charge in [-0.15, -0.1) is 0 Å². The molecule has 28 heavy (non-hydrogen) atoms. The first-order valence-corrected chi connectivity index (χ1v) is 9.98. The maximum absolute atomic E-state index is 13.3. The summed E-state index contributed by atoms with van der Waals surface area (Å²) in [6.45, 7) is 0. The zero-order chi connectivity index (χ0) is 19.8. The number of carbonyl (C=O) groups is 2. The van der Waals surface area contributed by atoms with Crippen molar-refractivity contribution in [3.05, 3.63) is 98.7 Å². The third-order valence-electron chi connectivity index (χ3n) is 4.54. The molecule has 1 N–H and O–H groups in total. The van der Waals surface area contributed by atoms with Crippen molar-refractivity contribution in [2.24, 2.45) is 0 Å². The molecule has 0 amide bonds. The highest BCUT2D eigenvalue weighted by Crippen LogP contribution is 2.32. The summed E-state index contributed by atoms with van der Waals surface area (Å²) >= 11 is 6.93. The Balaban J connectivity index is 1.90. The SMILES string of the molecule is O=C(O)c1ccc(-c2cc(C(=O)c3c(Br)cccc3Br)n3ccccc23)cc1. The van der Waals surface area contributed by atoms with Crippen molar-refractivity contribution >= 4 is 49.1 Å². The summed E-state index contributed by atoms with van der Waals surface area (Å²) in [5.41, 5.74) is 3.89. The van der Waals surface area contributed by atoms with Crippen molar-refractivity contribution in [1.29, 1.82) is 0 Å². The van der Waals surface area contributed by atoms with Crippen LogP contribution in [0.2, 0.25) is 0 Å². The predicted molar refractivity (Wildman–Crippen MR) is 115 cm³/mol. The molecule has 4 aromatic rings. The lowest BCUT2D eigenvalue weighted by Crippen LogP contribution is -2.06. The molecule has 0 aliphatic carbocycles. The fourth-order valence-corrected chi connectivity index (χ4v) is 4.55. The normalized spacial score (nSPS) is 10.9. The van der Waals surface area contributed by atoms with E-state index in [1.54, 1.807) is 24.3 Å². The summed E-state index contributed by atoms with van der Waals surface area (Å²) in [6, 6.07) is 19.7. The Morgan fingerprint density at radius 3 is 2.18 bits per heavy atom. The third-order valence-corrected chi connectivity index (χ3v) is 5.86. The Morgan fingerprint density at radius 2 is 1.54 bits per heavy atom. The quantitative estimate of drug-likeness (QED) is 0.348. The minimum Gasteiger partial charge on any atom is -0.478 e. The molecule has 4 rings (SSSR count). The Morgan fingerprint density at radius 1 is 0.857 bits per heavy atom. The predicted octanol–water partition coefficient (Wildman–Crippen LogP) is 6.06. The van der Waals surface area contributed by atoms with E-state index in [1.807, 2.05) is 53.1 Å². The van der Waals surface area contributed by atoms with Crippen molar-refractivity contribution < 1.29 is 14.7 Å². The lowest BCUT2D eigenvalue weighted by Gasteiger charge is -2.06. The lowest BCUT2D eigenvalue weighted by molar-refractivity contribution is 0.0696. The van der Waals surface area contributed by atoms with Crippen LogP contribution in [0.5, 0.6) is 0 Å². The molecule has 0 saturated heterocycles. The van der Waals surface area contributed by atoms with Crippen LogP contribution < -0.4 is 0 Å². The van der Waals surface area contributed by atoms with Crippen molar-refractivity contribution in [2.75, 3.05) is 0 Å². The molecule has 0 atom stereocenters. The highest BCUT2D eigenvalue weighted by atomic mass is 79.9. The van der Waals surface area contributed by atoms with Gasteiger partial charge in [0.15, 0.2) is 0 Å². The van der Waals surface area contributed by atoms with Gasteiger partial charge in [0.1, 0.15) is 0 Å². The minimum atomic E-state index is -0.970. The molecule has 6 heteroatoms. The van der Waals surface area contributed by atoms with Crippen molar-refractivity contribution in [2.45, 2.75) is 0 Å². The molecule has 0 radical (unpaired) electrons. The number of carboxylic acid groups (broad SMARTS) is 1. The zero-order valence-electron chi connectivity index (χ0n) is 14.4. The van der Waals surface area contributed by atoms with E-state index in [1.165, 1.54) is 0 Å². The molecule has 2 aromatic heterocycles. The van der Waals surface area contributed by atoms with Crippen LogP contribution in [0, 0.1) is 0 Å². The fourth-order valence-electron chi connectivity index (χ4n) is 3.19. The first kappa shape index (κ1) is 18.7. The molecular weight excluding hydrogens is 486 g/mol. The van der Waals surface area contributed by atoms with Gasteiger partial charge in [0.05, 0.1) is 22.3 Å². The van der Waals surface area contributed by atoms with Gasteiger partial charge < -0.3 is 9.51 Å². The molecule has 4 nitrogen and oxygen atoms in total. The van der Waals surface area contributed by atoms with Gasteiger partial charge in [-0.05, 0) is 79.9 Å². The van der Waals surface area contributed by atoms with Crippen molar-refractivity contribution in [1.82, 2.24) is 4.40 Å². The van der Waals surface area contributed by atoms with E-state index >= 15 is 0 Å². The summed E-state index contributed by atoms with van der Waals surface area (Å²) in [5.74, 6) is -1.09. The van der Waals surface area contributed by atoms with Crippen molar-refractivity contribution in [3.63, 3.8) is 0 Å². The highest BCUT2D eigenvalue weighted by Gasteiger charge is 2.21. The van der Waals surface area contributed by atoms with E-state index in [2.05, 4.69) is 31.9 Å². The molecule has 0 spiro atoms. The molecule has 0 aliphatic heterocycles. The first-order valence-electron chi connectivity index (χ1n) is 8.40. The second-order valence-electron chi connectivity index (χ2n) is 6.21. The molecule has 0 unspecified atom stereocenters. The number of aromatic nitrogens is 1. The number of carboxylic acids is 1. The minimum absolute atomic E-state index is 0.117. The molecular formula is C22H13Br2NO3. The van der Waals surface area contributed by atoms with E-state index in [9.17, 15) is 9.59 Å². The number of carbonyl (C=O) groups excluding carboxylic acids is 1. The van der Waals surface area contributed by atoms with Crippen LogP contribution in [0.1, 0.15) is 26.4 Å².